The van der Waals surface area contributed by atoms with Gasteiger partial charge in [-0.3, -0.25) is 4.90 Å². The minimum Gasteiger partial charge on any atom is -0.375 e. The molecule has 0 radical (unpaired) electrons. The average molecular weight is 273 g/mol. The van der Waals surface area contributed by atoms with Crippen molar-refractivity contribution in [1.82, 2.24) is 10.2 Å². The first-order valence-corrected chi connectivity index (χ1v) is 6.59. The Labute approximate surface area is 112 Å². The molecule has 1 aromatic rings. The van der Waals surface area contributed by atoms with Crippen LogP contribution in [-0.4, -0.2) is 44.2 Å². The summed E-state index contributed by atoms with van der Waals surface area (Å²) in [5.41, 5.74) is 0.444. The lowest BCUT2D eigenvalue weighted by Gasteiger charge is -2.26. The van der Waals surface area contributed by atoms with Crippen molar-refractivity contribution in [2.75, 3.05) is 39.3 Å². The number of piperazine rings is 1. The predicted octanol–water partition coefficient (Wildman–Crippen LogP) is 1.90. The zero-order valence-corrected chi connectivity index (χ0v) is 11.0. The molecule has 0 atom stereocenters. The van der Waals surface area contributed by atoms with Gasteiger partial charge in [-0.1, -0.05) is 17.7 Å². The number of nitrogens with one attached hydrogen (secondary N) is 1. The molecular weight excluding hydrogens is 255 g/mol. The van der Waals surface area contributed by atoms with E-state index in [-0.39, 0.29) is 12.4 Å². The summed E-state index contributed by atoms with van der Waals surface area (Å²) in [5.74, 6) is -0.301. The fourth-order valence-corrected chi connectivity index (χ4v) is 2.19. The molecule has 1 N–H and O–H groups in total. The summed E-state index contributed by atoms with van der Waals surface area (Å²) in [6.45, 7) is 5.86. The summed E-state index contributed by atoms with van der Waals surface area (Å²) in [4.78, 5) is 2.33. The summed E-state index contributed by atoms with van der Waals surface area (Å²) in [6.07, 6.45) is 0. The number of nitrogens with zero attached hydrogens (tertiary/aromatic N) is 1. The predicted molar refractivity (Wildman–Crippen MR) is 70.4 cm³/mol. The second-order valence-corrected chi connectivity index (χ2v) is 4.75. The molecule has 0 aliphatic carbocycles. The highest BCUT2D eigenvalue weighted by Gasteiger charge is 2.10. The fraction of sp³-hybridized carbons (Fsp3) is 0.538. The highest BCUT2D eigenvalue weighted by molar-refractivity contribution is 6.31. The largest absolute Gasteiger partial charge is 0.375 e. The molecule has 100 valence electrons. The normalized spacial score (nSPS) is 17.0. The van der Waals surface area contributed by atoms with Crippen LogP contribution in [0.15, 0.2) is 18.2 Å². The van der Waals surface area contributed by atoms with E-state index in [1.54, 1.807) is 12.1 Å². The van der Waals surface area contributed by atoms with Gasteiger partial charge in [0.25, 0.3) is 0 Å². The number of rotatable bonds is 5. The highest BCUT2D eigenvalue weighted by Crippen LogP contribution is 2.19. The van der Waals surface area contributed by atoms with Gasteiger partial charge in [0, 0.05) is 43.3 Å². The number of hydrogen-bond acceptors (Lipinski definition) is 3. The van der Waals surface area contributed by atoms with Crippen LogP contribution in [0.5, 0.6) is 0 Å². The third kappa shape index (κ3) is 3.92. The third-order valence-corrected chi connectivity index (χ3v) is 3.42. The molecule has 0 unspecified atom stereocenters. The Morgan fingerprint density at radius 3 is 2.83 bits per heavy atom. The lowest BCUT2D eigenvalue weighted by Crippen LogP contribution is -2.44. The second-order valence-electron chi connectivity index (χ2n) is 4.34. The lowest BCUT2D eigenvalue weighted by molar-refractivity contribution is 0.0870. The van der Waals surface area contributed by atoms with Crippen molar-refractivity contribution in [3.05, 3.63) is 34.6 Å². The summed E-state index contributed by atoms with van der Waals surface area (Å²) >= 11 is 5.92. The van der Waals surface area contributed by atoms with Crippen LogP contribution in [0.25, 0.3) is 0 Å². The first-order valence-electron chi connectivity index (χ1n) is 6.21. The zero-order chi connectivity index (χ0) is 12.8. The van der Waals surface area contributed by atoms with Crippen molar-refractivity contribution in [1.29, 1.82) is 0 Å². The molecule has 3 nitrogen and oxygen atoms in total. The van der Waals surface area contributed by atoms with Crippen LogP contribution in [0.1, 0.15) is 5.56 Å². The van der Waals surface area contributed by atoms with Crippen molar-refractivity contribution in [3.63, 3.8) is 0 Å². The van der Waals surface area contributed by atoms with Crippen LogP contribution in [-0.2, 0) is 11.3 Å². The molecule has 1 aromatic carbocycles. The van der Waals surface area contributed by atoms with Gasteiger partial charge in [-0.25, -0.2) is 4.39 Å². The van der Waals surface area contributed by atoms with E-state index in [4.69, 9.17) is 16.3 Å². The molecule has 1 aliphatic heterocycles. The van der Waals surface area contributed by atoms with E-state index in [0.29, 0.717) is 17.2 Å². The maximum absolute atomic E-state index is 13.4. The van der Waals surface area contributed by atoms with E-state index < -0.39 is 0 Å². The van der Waals surface area contributed by atoms with Crippen LogP contribution in [0.2, 0.25) is 5.02 Å². The van der Waals surface area contributed by atoms with E-state index in [9.17, 15) is 4.39 Å². The van der Waals surface area contributed by atoms with E-state index in [0.717, 1.165) is 32.7 Å². The molecule has 0 aromatic heterocycles. The molecule has 1 heterocycles. The smallest absolute Gasteiger partial charge is 0.130 e. The fourth-order valence-electron chi connectivity index (χ4n) is 1.97. The van der Waals surface area contributed by atoms with Crippen LogP contribution >= 0.6 is 11.6 Å². The Morgan fingerprint density at radius 2 is 2.11 bits per heavy atom. The topological polar surface area (TPSA) is 24.5 Å². The molecule has 0 bridgehead atoms. The third-order valence-electron chi connectivity index (χ3n) is 3.07. The van der Waals surface area contributed by atoms with Gasteiger partial charge in [0.1, 0.15) is 5.82 Å². The van der Waals surface area contributed by atoms with Gasteiger partial charge in [0.2, 0.25) is 0 Å². The van der Waals surface area contributed by atoms with Crippen molar-refractivity contribution >= 4 is 11.6 Å². The van der Waals surface area contributed by atoms with Gasteiger partial charge in [0.15, 0.2) is 0 Å². The van der Waals surface area contributed by atoms with Gasteiger partial charge in [-0.15, -0.1) is 0 Å². The SMILES string of the molecule is Fc1cccc(Cl)c1COCCN1CCNCC1. The van der Waals surface area contributed by atoms with Gasteiger partial charge >= 0.3 is 0 Å². The lowest BCUT2D eigenvalue weighted by atomic mass is 10.2. The second kappa shape index (κ2) is 7.04. The zero-order valence-electron chi connectivity index (χ0n) is 10.3. The highest BCUT2D eigenvalue weighted by atomic mass is 35.5. The Kier molecular flexibility index (Phi) is 5.38. The van der Waals surface area contributed by atoms with Crippen LogP contribution in [0.4, 0.5) is 4.39 Å². The van der Waals surface area contributed by atoms with Gasteiger partial charge in [0.05, 0.1) is 13.2 Å². The Morgan fingerprint density at radius 1 is 1.33 bits per heavy atom. The molecule has 5 heteroatoms. The maximum atomic E-state index is 13.4. The molecule has 0 amide bonds. The first-order chi connectivity index (χ1) is 8.77. The quantitative estimate of drug-likeness (QED) is 0.829. The van der Waals surface area contributed by atoms with Crippen molar-refractivity contribution in [2.45, 2.75) is 6.61 Å². The van der Waals surface area contributed by atoms with Crippen LogP contribution < -0.4 is 5.32 Å². The van der Waals surface area contributed by atoms with Crippen molar-refractivity contribution < 1.29 is 9.13 Å². The monoisotopic (exact) mass is 272 g/mol. The number of hydrogen-bond donors (Lipinski definition) is 1. The molecule has 0 saturated carbocycles. The molecule has 1 fully saturated rings. The Balaban J connectivity index is 1.71. The summed E-state index contributed by atoms with van der Waals surface area (Å²) in [7, 11) is 0. The summed E-state index contributed by atoms with van der Waals surface area (Å²) < 4.78 is 18.9. The summed E-state index contributed by atoms with van der Waals surface area (Å²) in [6, 6.07) is 4.68. The van der Waals surface area contributed by atoms with E-state index >= 15 is 0 Å². The minimum atomic E-state index is -0.301. The van der Waals surface area contributed by atoms with Gasteiger partial charge in [-0.2, -0.15) is 0 Å². The van der Waals surface area contributed by atoms with Crippen molar-refractivity contribution in [2.24, 2.45) is 0 Å². The standard InChI is InChI=1S/C13H18ClFN2O/c14-12-2-1-3-13(15)11(12)10-18-9-8-17-6-4-16-5-7-17/h1-3,16H,4-10H2. The molecule has 0 spiro atoms. The van der Waals surface area contributed by atoms with E-state index in [2.05, 4.69) is 10.2 Å². The Hall–Kier alpha value is -0.680. The number of ether oxygens (including phenoxy) is 1. The van der Waals surface area contributed by atoms with E-state index in [1.165, 1.54) is 6.07 Å². The van der Waals surface area contributed by atoms with Gasteiger partial charge < -0.3 is 10.1 Å². The molecule has 1 aliphatic rings. The molecule has 1 saturated heterocycles. The molecular formula is C13H18ClFN2O. The minimum absolute atomic E-state index is 0.234. The molecule has 2 rings (SSSR count). The number of benzene rings is 1. The van der Waals surface area contributed by atoms with Crippen molar-refractivity contribution in [3.8, 4) is 0 Å². The van der Waals surface area contributed by atoms with Crippen LogP contribution in [0.3, 0.4) is 0 Å². The number of halogens is 2. The van der Waals surface area contributed by atoms with E-state index in [1.807, 2.05) is 0 Å². The average Bonchev–Trinajstić information content (AvgIpc) is 2.38. The van der Waals surface area contributed by atoms with Gasteiger partial charge in [-0.05, 0) is 12.1 Å². The first kappa shape index (κ1) is 13.7. The summed E-state index contributed by atoms with van der Waals surface area (Å²) in [5, 5.41) is 3.72. The molecule has 18 heavy (non-hydrogen) atoms. The maximum Gasteiger partial charge on any atom is 0.130 e. The Bertz CT molecular complexity index is 363. The van der Waals surface area contributed by atoms with Crippen LogP contribution in [0, 0.1) is 5.82 Å².